The average molecular weight is 188 g/mol. The topological polar surface area (TPSA) is 85.4 Å². The van der Waals surface area contributed by atoms with E-state index in [1.165, 1.54) is 13.2 Å². The molecule has 0 aliphatic heterocycles. The Hall–Kier alpha value is -1.14. The summed E-state index contributed by atoms with van der Waals surface area (Å²) in [4.78, 5) is 10.9. The SMILES string of the molecule is COc1cc(C(N)C(=O)O)sn1. The van der Waals surface area contributed by atoms with Crippen molar-refractivity contribution in [3.63, 3.8) is 0 Å². The lowest BCUT2D eigenvalue weighted by Gasteiger charge is -1.99. The Morgan fingerprint density at radius 2 is 2.58 bits per heavy atom. The number of carboxylic acids is 1. The highest BCUT2D eigenvalue weighted by Crippen LogP contribution is 2.21. The van der Waals surface area contributed by atoms with Crippen molar-refractivity contribution < 1.29 is 14.6 Å². The first-order valence-electron chi connectivity index (χ1n) is 3.14. The zero-order valence-corrected chi connectivity index (χ0v) is 7.17. The third-order valence-electron chi connectivity index (χ3n) is 1.29. The number of carbonyl (C=O) groups is 1. The lowest BCUT2D eigenvalue weighted by Crippen LogP contribution is -2.19. The van der Waals surface area contributed by atoms with E-state index in [1.54, 1.807) is 0 Å². The van der Waals surface area contributed by atoms with Gasteiger partial charge in [-0.15, -0.1) is 0 Å². The van der Waals surface area contributed by atoms with Gasteiger partial charge in [0, 0.05) is 6.07 Å². The molecule has 0 saturated carbocycles. The van der Waals surface area contributed by atoms with Gasteiger partial charge in [0.1, 0.15) is 6.04 Å². The molecule has 6 heteroatoms. The van der Waals surface area contributed by atoms with Crippen LogP contribution in [0.15, 0.2) is 6.07 Å². The van der Waals surface area contributed by atoms with Crippen LogP contribution in [0.25, 0.3) is 0 Å². The van der Waals surface area contributed by atoms with Crippen molar-refractivity contribution in [2.75, 3.05) is 7.11 Å². The Morgan fingerprint density at radius 1 is 1.92 bits per heavy atom. The number of ether oxygens (including phenoxy) is 1. The fourth-order valence-corrected chi connectivity index (χ4v) is 1.33. The first kappa shape index (κ1) is 8.95. The summed E-state index contributed by atoms with van der Waals surface area (Å²) in [6.45, 7) is 0. The van der Waals surface area contributed by atoms with Crippen LogP contribution in [0.2, 0.25) is 0 Å². The molecule has 12 heavy (non-hydrogen) atoms. The van der Waals surface area contributed by atoms with E-state index < -0.39 is 12.0 Å². The summed E-state index contributed by atoms with van der Waals surface area (Å²) >= 11 is 1.03. The van der Waals surface area contributed by atoms with Crippen LogP contribution in [-0.4, -0.2) is 22.6 Å². The van der Waals surface area contributed by atoms with Gasteiger partial charge in [0.2, 0.25) is 5.88 Å². The summed E-state index contributed by atoms with van der Waals surface area (Å²) < 4.78 is 8.59. The Bertz CT molecular complexity index is 286. The van der Waals surface area contributed by atoms with Gasteiger partial charge in [-0.1, -0.05) is 0 Å². The molecule has 1 aromatic rings. The van der Waals surface area contributed by atoms with Crippen LogP contribution < -0.4 is 10.5 Å². The second-order valence-corrected chi connectivity index (χ2v) is 2.92. The van der Waals surface area contributed by atoms with Gasteiger partial charge >= 0.3 is 5.97 Å². The number of hydrogen-bond donors (Lipinski definition) is 2. The summed E-state index contributed by atoms with van der Waals surface area (Å²) in [5, 5.41) is 8.53. The highest BCUT2D eigenvalue weighted by atomic mass is 32.1. The van der Waals surface area contributed by atoms with Crippen LogP contribution in [0.5, 0.6) is 5.88 Å². The molecule has 1 atom stereocenters. The van der Waals surface area contributed by atoms with Gasteiger partial charge in [-0.2, -0.15) is 4.37 Å². The number of hydrogen-bond acceptors (Lipinski definition) is 5. The van der Waals surface area contributed by atoms with Crippen molar-refractivity contribution >= 4 is 17.5 Å². The maximum absolute atomic E-state index is 10.4. The molecule has 3 N–H and O–H groups in total. The predicted octanol–water partition coefficient (Wildman–Crippen LogP) is 0.236. The Morgan fingerprint density at radius 3 is 3.00 bits per heavy atom. The molecular weight excluding hydrogens is 180 g/mol. The van der Waals surface area contributed by atoms with E-state index in [0.29, 0.717) is 10.8 Å². The van der Waals surface area contributed by atoms with E-state index in [9.17, 15) is 4.79 Å². The van der Waals surface area contributed by atoms with Crippen LogP contribution in [-0.2, 0) is 4.79 Å². The molecule has 0 aliphatic carbocycles. The zero-order valence-electron chi connectivity index (χ0n) is 6.35. The normalized spacial score (nSPS) is 12.5. The van der Waals surface area contributed by atoms with Gasteiger partial charge in [-0.25, -0.2) is 0 Å². The van der Waals surface area contributed by atoms with Crippen molar-refractivity contribution in [1.82, 2.24) is 4.37 Å². The summed E-state index contributed by atoms with van der Waals surface area (Å²) in [6, 6.07) is 0.509. The van der Waals surface area contributed by atoms with E-state index >= 15 is 0 Å². The molecule has 1 unspecified atom stereocenters. The first-order chi connectivity index (χ1) is 5.65. The fourth-order valence-electron chi connectivity index (χ4n) is 0.637. The van der Waals surface area contributed by atoms with Crippen molar-refractivity contribution in [3.05, 3.63) is 10.9 Å². The molecule has 1 rings (SSSR count). The van der Waals surface area contributed by atoms with E-state index in [-0.39, 0.29) is 0 Å². The van der Waals surface area contributed by atoms with E-state index in [4.69, 9.17) is 15.6 Å². The molecular formula is C6H8N2O3S. The number of aliphatic carboxylic acids is 1. The number of aromatic nitrogens is 1. The number of carboxylic acid groups (broad SMARTS) is 1. The molecule has 0 aromatic carbocycles. The van der Waals surface area contributed by atoms with Crippen LogP contribution in [0.1, 0.15) is 10.9 Å². The molecule has 0 amide bonds. The standard InChI is InChI=1S/C6H8N2O3S/c1-11-4-2-3(12-8-4)5(7)6(9)10/h2,5H,7H2,1H3,(H,9,10). The van der Waals surface area contributed by atoms with Gasteiger partial charge < -0.3 is 15.6 Å². The number of methoxy groups -OCH3 is 1. The fraction of sp³-hybridized carbons (Fsp3) is 0.333. The van der Waals surface area contributed by atoms with Crippen LogP contribution in [0, 0.1) is 0 Å². The van der Waals surface area contributed by atoms with Crippen molar-refractivity contribution in [2.24, 2.45) is 5.73 Å². The smallest absolute Gasteiger partial charge is 0.326 e. The number of nitrogens with two attached hydrogens (primary N) is 1. The maximum atomic E-state index is 10.4. The molecule has 66 valence electrons. The van der Waals surface area contributed by atoms with Crippen molar-refractivity contribution in [3.8, 4) is 5.88 Å². The molecule has 0 bridgehead atoms. The van der Waals surface area contributed by atoms with Crippen LogP contribution >= 0.6 is 11.5 Å². The summed E-state index contributed by atoms with van der Waals surface area (Å²) in [7, 11) is 1.46. The van der Waals surface area contributed by atoms with Gasteiger partial charge in [0.05, 0.1) is 12.0 Å². The zero-order chi connectivity index (χ0) is 9.14. The van der Waals surface area contributed by atoms with Crippen LogP contribution in [0.3, 0.4) is 0 Å². The van der Waals surface area contributed by atoms with Gasteiger partial charge in [0.25, 0.3) is 0 Å². The Kier molecular flexibility index (Phi) is 2.61. The maximum Gasteiger partial charge on any atom is 0.326 e. The van der Waals surface area contributed by atoms with E-state index in [0.717, 1.165) is 11.5 Å². The second-order valence-electron chi connectivity index (χ2n) is 2.09. The summed E-state index contributed by atoms with van der Waals surface area (Å²) in [6.07, 6.45) is 0. The summed E-state index contributed by atoms with van der Waals surface area (Å²) in [5.74, 6) is -0.673. The third kappa shape index (κ3) is 1.72. The third-order valence-corrected chi connectivity index (χ3v) is 2.14. The van der Waals surface area contributed by atoms with E-state index in [1.807, 2.05) is 0 Å². The first-order valence-corrected chi connectivity index (χ1v) is 3.91. The minimum absolute atomic E-state index is 0.395. The van der Waals surface area contributed by atoms with Crippen LogP contribution in [0.4, 0.5) is 0 Å². The molecule has 0 saturated heterocycles. The molecule has 1 heterocycles. The molecule has 1 aromatic heterocycles. The molecule has 0 aliphatic rings. The highest BCUT2D eigenvalue weighted by molar-refractivity contribution is 7.06. The van der Waals surface area contributed by atoms with Gasteiger partial charge in [0.15, 0.2) is 0 Å². The molecule has 5 nitrogen and oxygen atoms in total. The Balaban J connectivity index is 2.81. The minimum Gasteiger partial charge on any atom is -0.480 e. The summed E-state index contributed by atoms with van der Waals surface area (Å²) in [5.41, 5.74) is 5.32. The van der Waals surface area contributed by atoms with Gasteiger partial charge in [-0.05, 0) is 11.5 Å². The quantitative estimate of drug-likeness (QED) is 0.709. The van der Waals surface area contributed by atoms with Crippen molar-refractivity contribution in [1.29, 1.82) is 0 Å². The molecule has 0 radical (unpaired) electrons. The highest BCUT2D eigenvalue weighted by Gasteiger charge is 2.17. The van der Waals surface area contributed by atoms with E-state index in [2.05, 4.69) is 4.37 Å². The predicted molar refractivity (Wildman–Crippen MR) is 43.2 cm³/mol. The molecule has 0 spiro atoms. The van der Waals surface area contributed by atoms with Crippen molar-refractivity contribution in [2.45, 2.75) is 6.04 Å². The van der Waals surface area contributed by atoms with Gasteiger partial charge in [-0.3, -0.25) is 4.79 Å². The lowest BCUT2D eigenvalue weighted by molar-refractivity contribution is -0.138. The minimum atomic E-state index is -1.07. The lowest BCUT2D eigenvalue weighted by atomic mass is 10.3. The monoisotopic (exact) mass is 188 g/mol. The Labute approximate surface area is 72.9 Å². The number of rotatable bonds is 3. The average Bonchev–Trinajstić information content (AvgIpc) is 2.50. The largest absolute Gasteiger partial charge is 0.480 e. The second kappa shape index (κ2) is 3.51. The molecule has 0 fully saturated rings. The number of nitrogens with zero attached hydrogens (tertiary/aromatic N) is 1.